The minimum absolute atomic E-state index is 0.240. The quantitative estimate of drug-likeness (QED) is 0.524. The van der Waals surface area contributed by atoms with Gasteiger partial charge in [0.2, 0.25) is 0 Å². The molecule has 1 saturated carbocycles. The number of Topliss-reactive ketones (excluding diaryl/α,β-unsaturated/α-hetero) is 1. The Hall–Kier alpha value is -0.410. The third-order valence-electron chi connectivity index (χ3n) is 2.78. The predicted octanol–water partition coefficient (Wildman–Crippen LogP) is 0.220. The topological polar surface area (TPSA) is 41.1 Å². The van der Waals surface area contributed by atoms with Gasteiger partial charge in [-0.1, -0.05) is 0 Å². The molecule has 0 radical (unpaired) electrons. The summed E-state index contributed by atoms with van der Waals surface area (Å²) in [6.07, 6.45) is 2.99. The van der Waals surface area contributed by atoms with E-state index in [-0.39, 0.29) is 5.92 Å². The molecule has 1 heterocycles. The molecule has 62 valence electrons. The van der Waals surface area contributed by atoms with Gasteiger partial charge in [0.15, 0.2) is 0 Å². The third-order valence-corrected chi connectivity index (χ3v) is 2.78. The molecule has 2 fully saturated rings. The summed E-state index contributed by atoms with van der Waals surface area (Å²) in [5, 5.41) is 0. The van der Waals surface area contributed by atoms with Crippen LogP contribution < -0.4 is 10.9 Å². The number of fused-ring (bicyclic) bond motifs is 1. The highest BCUT2D eigenvalue weighted by atomic mass is 16.1. The molecule has 0 spiro atoms. The van der Waals surface area contributed by atoms with Crippen LogP contribution in [0.1, 0.15) is 26.2 Å². The molecule has 2 aliphatic rings. The largest absolute Gasteiger partial charge is 0.299 e. The van der Waals surface area contributed by atoms with E-state index in [0.717, 1.165) is 19.3 Å². The predicted molar refractivity (Wildman–Crippen MR) is 41.9 cm³/mol. The molecule has 3 heteroatoms. The van der Waals surface area contributed by atoms with E-state index in [4.69, 9.17) is 0 Å². The summed E-state index contributed by atoms with van der Waals surface area (Å²) in [6.45, 7) is 2.07. The van der Waals surface area contributed by atoms with Gasteiger partial charge in [0.1, 0.15) is 5.78 Å². The Morgan fingerprint density at radius 1 is 1.45 bits per heavy atom. The second-order valence-corrected chi connectivity index (χ2v) is 3.57. The third kappa shape index (κ3) is 1.08. The molecule has 0 aromatic heterocycles. The molecule has 0 aromatic rings. The lowest BCUT2D eigenvalue weighted by Crippen LogP contribution is -2.37. The Balaban J connectivity index is 2.14. The summed E-state index contributed by atoms with van der Waals surface area (Å²) in [7, 11) is 0. The van der Waals surface area contributed by atoms with Crippen molar-refractivity contribution < 1.29 is 4.79 Å². The van der Waals surface area contributed by atoms with Gasteiger partial charge in [0.25, 0.3) is 0 Å². The minimum atomic E-state index is 0.240. The first-order valence-electron chi connectivity index (χ1n) is 4.33. The molecule has 3 atom stereocenters. The lowest BCUT2D eigenvalue weighted by molar-refractivity contribution is -0.125. The summed E-state index contributed by atoms with van der Waals surface area (Å²) < 4.78 is 0. The Labute approximate surface area is 66.5 Å². The molecule has 2 rings (SSSR count). The summed E-state index contributed by atoms with van der Waals surface area (Å²) in [5.74, 6) is 0.676. The van der Waals surface area contributed by atoms with E-state index in [1.165, 1.54) is 0 Å². The minimum Gasteiger partial charge on any atom is -0.299 e. The van der Waals surface area contributed by atoms with Gasteiger partial charge in [0, 0.05) is 18.5 Å². The van der Waals surface area contributed by atoms with Crippen LogP contribution in [0.3, 0.4) is 0 Å². The zero-order valence-electron chi connectivity index (χ0n) is 6.76. The lowest BCUT2D eigenvalue weighted by atomic mass is 9.81. The van der Waals surface area contributed by atoms with Crippen molar-refractivity contribution >= 4 is 5.78 Å². The van der Waals surface area contributed by atoms with Crippen LogP contribution in [-0.2, 0) is 4.79 Å². The Bertz CT molecular complexity index is 179. The second kappa shape index (κ2) is 2.57. The van der Waals surface area contributed by atoms with Crippen molar-refractivity contribution in [3.05, 3.63) is 0 Å². The van der Waals surface area contributed by atoms with Gasteiger partial charge in [0.05, 0.1) is 5.92 Å². The highest BCUT2D eigenvalue weighted by Gasteiger charge is 2.39. The van der Waals surface area contributed by atoms with Crippen LogP contribution in [0.15, 0.2) is 0 Å². The zero-order chi connectivity index (χ0) is 7.84. The van der Waals surface area contributed by atoms with Crippen LogP contribution in [0.5, 0.6) is 0 Å². The fraction of sp³-hybridized carbons (Fsp3) is 0.875. The van der Waals surface area contributed by atoms with Gasteiger partial charge < -0.3 is 0 Å². The number of rotatable bonds is 0. The maximum atomic E-state index is 11.4. The molecule has 3 nitrogen and oxygen atoms in total. The first-order valence-corrected chi connectivity index (χ1v) is 4.33. The van der Waals surface area contributed by atoms with E-state index in [1.807, 2.05) is 0 Å². The van der Waals surface area contributed by atoms with Gasteiger partial charge in [-0.05, 0) is 19.8 Å². The van der Waals surface area contributed by atoms with Crippen molar-refractivity contribution in [2.75, 3.05) is 0 Å². The van der Waals surface area contributed by atoms with Crippen molar-refractivity contribution in [2.24, 2.45) is 5.92 Å². The molecule has 1 aliphatic heterocycles. The number of nitrogens with one attached hydrogen (secondary N) is 2. The smallest absolute Gasteiger partial charge is 0.139 e. The number of carbonyl (C=O) groups excluding carboxylic acids is 1. The maximum absolute atomic E-state index is 11.4. The fourth-order valence-electron chi connectivity index (χ4n) is 2.18. The van der Waals surface area contributed by atoms with E-state index in [0.29, 0.717) is 17.9 Å². The molecule has 0 amide bonds. The number of ketones is 1. The van der Waals surface area contributed by atoms with E-state index in [2.05, 4.69) is 17.8 Å². The first kappa shape index (κ1) is 7.25. The molecule has 3 unspecified atom stereocenters. The molecule has 11 heavy (non-hydrogen) atoms. The molecule has 0 bridgehead atoms. The van der Waals surface area contributed by atoms with Crippen molar-refractivity contribution in [3.63, 3.8) is 0 Å². The van der Waals surface area contributed by atoms with Crippen LogP contribution >= 0.6 is 0 Å². The monoisotopic (exact) mass is 154 g/mol. The van der Waals surface area contributed by atoms with Gasteiger partial charge in [-0.25, -0.2) is 0 Å². The normalized spacial score (nSPS) is 44.1. The number of carbonyl (C=O) groups is 1. The van der Waals surface area contributed by atoms with Gasteiger partial charge in [-0.15, -0.1) is 0 Å². The Morgan fingerprint density at radius 2 is 2.27 bits per heavy atom. The standard InChI is InChI=1S/C8H14N2O/c1-5-8-6(10-9-5)3-2-4-7(8)11/h5-6,8-10H,2-4H2,1H3. The van der Waals surface area contributed by atoms with Gasteiger partial charge in [-0.3, -0.25) is 15.6 Å². The first-order chi connectivity index (χ1) is 5.29. The van der Waals surface area contributed by atoms with E-state index < -0.39 is 0 Å². The lowest BCUT2D eigenvalue weighted by Gasteiger charge is -2.24. The SMILES string of the molecule is CC1NNC2CCCC(=O)C12. The highest BCUT2D eigenvalue weighted by molar-refractivity contribution is 5.83. The van der Waals surface area contributed by atoms with E-state index in [1.54, 1.807) is 0 Å². The average molecular weight is 154 g/mol. The van der Waals surface area contributed by atoms with Gasteiger partial charge in [-0.2, -0.15) is 0 Å². The van der Waals surface area contributed by atoms with E-state index in [9.17, 15) is 4.79 Å². The van der Waals surface area contributed by atoms with Gasteiger partial charge >= 0.3 is 0 Å². The van der Waals surface area contributed by atoms with E-state index >= 15 is 0 Å². The number of hydrogen-bond acceptors (Lipinski definition) is 3. The van der Waals surface area contributed by atoms with Crippen LogP contribution in [-0.4, -0.2) is 17.9 Å². The Kier molecular flexibility index (Phi) is 1.69. The second-order valence-electron chi connectivity index (χ2n) is 3.57. The molecule has 1 aliphatic carbocycles. The summed E-state index contributed by atoms with van der Waals surface area (Å²) >= 11 is 0. The van der Waals surface area contributed by atoms with Crippen molar-refractivity contribution in [3.8, 4) is 0 Å². The van der Waals surface area contributed by atoms with Crippen molar-refractivity contribution in [1.82, 2.24) is 10.9 Å². The summed E-state index contributed by atoms with van der Waals surface area (Å²) in [4.78, 5) is 11.4. The van der Waals surface area contributed by atoms with Crippen LogP contribution in [0.25, 0.3) is 0 Å². The highest BCUT2D eigenvalue weighted by Crippen LogP contribution is 2.26. The zero-order valence-corrected chi connectivity index (χ0v) is 6.76. The molecular weight excluding hydrogens is 140 g/mol. The molecular formula is C8H14N2O. The molecule has 2 N–H and O–H groups in total. The summed E-state index contributed by atoms with van der Waals surface area (Å²) in [5.41, 5.74) is 6.29. The average Bonchev–Trinajstić information content (AvgIpc) is 2.34. The van der Waals surface area contributed by atoms with Crippen molar-refractivity contribution in [2.45, 2.75) is 38.3 Å². The number of hydrogen-bond donors (Lipinski definition) is 2. The van der Waals surface area contributed by atoms with Crippen LogP contribution in [0.2, 0.25) is 0 Å². The maximum Gasteiger partial charge on any atom is 0.139 e. The molecule has 1 saturated heterocycles. The number of hydrazine groups is 1. The fourth-order valence-corrected chi connectivity index (χ4v) is 2.18. The van der Waals surface area contributed by atoms with Crippen LogP contribution in [0.4, 0.5) is 0 Å². The summed E-state index contributed by atoms with van der Waals surface area (Å²) in [6, 6.07) is 0.735. The van der Waals surface area contributed by atoms with Crippen molar-refractivity contribution in [1.29, 1.82) is 0 Å². The molecule has 0 aromatic carbocycles. The van der Waals surface area contributed by atoms with Crippen LogP contribution in [0, 0.1) is 5.92 Å². The Morgan fingerprint density at radius 3 is 3.00 bits per heavy atom.